The zero-order chi connectivity index (χ0) is 34.9. The van der Waals surface area contributed by atoms with Crippen LogP contribution in [-0.2, 0) is 0 Å². The molecule has 0 saturated carbocycles. The van der Waals surface area contributed by atoms with Crippen molar-refractivity contribution < 1.29 is 0 Å². The van der Waals surface area contributed by atoms with E-state index in [1.807, 2.05) is 60.7 Å². The summed E-state index contributed by atoms with van der Waals surface area (Å²) in [5.41, 5.74) is 8.69. The third kappa shape index (κ3) is 4.66. The van der Waals surface area contributed by atoms with Gasteiger partial charge in [-0.15, -0.1) is 0 Å². The third-order valence-corrected chi connectivity index (χ3v) is 10.6. The van der Waals surface area contributed by atoms with Gasteiger partial charge in [0.1, 0.15) is 0 Å². The molecule has 4 nitrogen and oxygen atoms in total. The highest BCUT2D eigenvalue weighted by molar-refractivity contribution is 6.38. The Bertz CT molecular complexity index is 3070. The van der Waals surface area contributed by atoms with Gasteiger partial charge in [-0.2, -0.15) is 0 Å². The molecule has 0 unspecified atom stereocenters. The summed E-state index contributed by atoms with van der Waals surface area (Å²) in [6, 6.07) is 64.5. The van der Waals surface area contributed by atoms with Gasteiger partial charge in [0.15, 0.2) is 17.5 Å². The Morgan fingerprint density at radius 2 is 0.849 bits per heavy atom. The van der Waals surface area contributed by atoms with Gasteiger partial charge >= 0.3 is 0 Å². The van der Waals surface area contributed by atoms with E-state index in [2.05, 4.69) is 126 Å². The Morgan fingerprint density at radius 3 is 1.51 bits per heavy atom. The number of hydrogen-bond donors (Lipinski definition) is 0. The van der Waals surface area contributed by atoms with Crippen LogP contribution in [0.4, 0.5) is 0 Å². The minimum Gasteiger partial charge on any atom is -0.309 e. The van der Waals surface area contributed by atoms with Crippen molar-refractivity contribution in [2.45, 2.75) is 0 Å². The maximum Gasteiger partial charge on any atom is 0.164 e. The predicted molar refractivity (Wildman–Crippen MR) is 220 cm³/mol. The minimum atomic E-state index is 0.641. The second-order valence-electron chi connectivity index (χ2n) is 13.6. The Morgan fingerprint density at radius 1 is 0.302 bits per heavy atom. The molecule has 0 saturated heterocycles. The molecule has 2 aromatic heterocycles. The van der Waals surface area contributed by atoms with Gasteiger partial charge in [0.25, 0.3) is 0 Å². The fourth-order valence-corrected chi connectivity index (χ4v) is 8.16. The summed E-state index contributed by atoms with van der Waals surface area (Å²) in [6.07, 6.45) is 0. The monoisotopic (exact) mass is 674 g/mol. The minimum absolute atomic E-state index is 0.641. The molecular weight excluding hydrogens is 645 g/mol. The molecule has 246 valence electrons. The number of benzene rings is 9. The lowest BCUT2D eigenvalue weighted by Gasteiger charge is -2.13. The van der Waals surface area contributed by atoms with Crippen LogP contribution in [0.25, 0.3) is 105 Å². The van der Waals surface area contributed by atoms with E-state index in [9.17, 15) is 0 Å². The van der Waals surface area contributed by atoms with Gasteiger partial charge in [-0.05, 0) is 85.9 Å². The first kappa shape index (κ1) is 29.5. The second kappa shape index (κ2) is 11.7. The van der Waals surface area contributed by atoms with Gasteiger partial charge < -0.3 is 4.57 Å². The molecule has 9 aromatic carbocycles. The fourth-order valence-electron chi connectivity index (χ4n) is 8.16. The lowest BCUT2D eigenvalue weighted by Crippen LogP contribution is -2.00. The van der Waals surface area contributed by atoms with Crippen molar-refractivity contribution in [1.82, 2.24) is 19.5 Å². The molecule has 2 heterocycles. The van der Waals surface area contributed by atoms with Gasteiger partial charge in [0.05, 0.1) is 11.0 Å². The Balaban J connectivity index is 1.16. The molecule has 0 aliphatic carbocycles. The summed E-state index contributed by atoms with van der Waals surface area (Å²) < 4.78 is 2.43. The van der Waals surface area contributed by atoms with E-state index in [1.54, 1.807) is 0 Å². The van der Waals surface area contributed by atoms with Crippen LogP contribution in [0.1, 0.15) is 0 Å². The first-order valence-corrected chi connectivity index (χ1v) is 18.0. The molecule has 0 aliphatic heterocycles. The van der Waals surface area contributed by atoms with Gasteiger partial charge in [-0.25, -0.2) is 15.0 Å². The topological polar surface area (TPSA) is 43.6 Å². The molecule has 0 radical (unpaired) electrons. The van der Waals surface area contributed by atoms with E-state index in [4.69, 9.17) is 15.0 Å². The molecule has 11 rings (SSSR count). The number of fused-ring (bicyclic) bond motifs is 5. The van der Waals surface area contributed by atoms with Crippen LogP contribution >= 0.6 is 0 Å². The number of rotatable bonds is 5. The molecule has 0 N–H and O–H groups in total. The highest BCUT2D eigenvalue weighted by atomic mass is 15.0. The number of hydrogen-bond acceptors (Lipinski definition) is 3. The van der Waals surface area contributed by atoms with E-state index in [-0.39, 0.29) is 0 Å². The van der Waals surface area contributed by atoms with E-state index in [0.717, 1.165) is 22.4 Å². The Hall–Kier alpha value is -7.17. The molecule has 11 aromatic rings. The van der Waals surface area contributed by atoms with Gasteiger partial charge in [-0.3, -0.25) is 0 Å². The maximum atomic E-state index is 4.99. The molecule has 53 heavy (non-hydrogen) atoms. The predicted octanol–water partition coefficient (Wildman–Crippen LogP) is 12.5. The van der Waals surface area contributed by atoms with Crippen LogP contribution in [0.2, 0.25) is 0 Å². The van der Waals surface area contributed by atoms with Crippen molar-refractivity contribution >= 4 is 54.1 Å². The van der Waals surface area contributed by atoms with Crippen molar-refractivity contribution in [3.05, 3.63) is 182 Å². The Kier molecular flexibility index (Phi) is 6.52. The fraction of sp³-hybridized carbons (Fsp3) is 0. The number of aromatic nitrogens is 4. The summed E-state index contributed by atoms with van der Waals surface area (Å²) >= 11 is 0. The lowest BCUT2D eigenvalue weighted by molar-refractivity contribution is 1.07. The molecule has 0 spiro atoms. The van der Waals surface area contributed by atoms with E-state index < -0.39 is 0 Å². The maximum absolute atomic E-state index is 4.99. The van der Waals surface area contributed by atoms with Gasteiger partial charge in [0.2, 0.25) is 0 Å². The molecule has 0 fully saturated rings. The smallest absolute Gasteiger partial charge is 0.164 e. The van der Waals surface area contributed by atoms with Crippen LogP contribution in [0.5, 0.6) is 0 Å². The third-order valence-electron chi connectivity index (χ3n) is 10.6. The van der Waals surface area contributed by atoms with Crippen LogP contribution in [0.3, 0.4) is 0 Å². The summed E-state index contributed by atoms with van der Waals surface area (Å²) in [6.45, 7) is 0. The summed E-state index contributed by atoms with van der Waals surface area (Å²) in [4.78, 5) is 14.9. The van der Waals surface area contributed by atoms with Gasteiger partial charge in [-0.1, -0.05) is 140 Å². The second-order valence-corrected chi connectivity index (χ2v) is 13.6. The van der Waals surface area contributed by atoms with Gasteiger partial charge in [0, 0.05) is 33.2 Å². The largest absolute Gasteiger partial charge is 0.309 e. The average molecular weight is 675 g/mol. The highest BCUT2D eigenvalue weighted by Crippen LogP contribution is 2.47. The molecule has 0 bridgehead atoms. The molecule has 4 heteroatoms. The van der Waals surface area contributed by atoms with Crippen molar-refractivity contribution in [1.29, 1.82) is 0 Å². The SMILES string of the molecule is c1ccc(-c2cc3c4ccc5ccccc5c4c4cccc5c4c3c(c2)n5-c2ccc(-c3nc(-c4ccccc4)nc(-c4ccccc4)n3)cc2)cc1. The molecule has 0 amide bonds. The zero-order valence-corrected chi connectivity index (χ0v) is 28.6. The normalized spacial score (nSPS) is 11.8. The first-order chi connectivity index (χ1) is 26.3. The van der Waals surface area contributed by atoms with E-state index >= 15 is 0 Å². The van der Waals surface area contributed by atoms with Crippen LogP contribution < -0.4 is 0 Å². The van der Waals surface area contributed by atoms with Crippen molar-refractivity contribution in [3.63, 3.8) is 0 Å². The molecule has 0 atom stereocenters. The van der Waals surface area contributed by atoms with Crippen molar-refractivity contribution in [2.24, 2.45) is 0 Å². The van der Waals surface area contributed by atoms with Crippen LogP contribution in [0.15, 0.2) is 182 Å². The van der Waals surface area contributed by atoms with E-state index in [1.165, 1.54) is 65.3 Å². The average Bonchev–Trinajstić information content (AvgIpc) is 3.58. The van der Waals surface area contributed by atoms with Crippen molar-refractivity contribution in [2.75, 3.05) is 0 Å². The standard InChI is InChI=1S/C49H30N4/c1-4-13-31(14-5-1)36-29-41-39-28-25-32-15-10-11-20-38(32)44(39)40-21-12-22-42-45(40)46(41)43(30-36)53(42)37-26-23-35(24-27-37)49-51-47(33-16-6-2-7-17-33)50-48(52-49)34-18-8-3-9-19-34/h1-30H. The summed E-state index contributed by atoms with van der Waals surface area (Å²) in [7, 11) is 0. The lowest BCUT2D eigenvalue weighted by atomic mass is 9.89. The quantitative estimate of drug-likeness (QED) is 0.171. The highest BCUT2D eigenvalue weighted by Gasteiger charge is 2.22. The molecular formula is C49H30N4. The molecule has 0 aliphatic rings. The van der Waals surface area contributed by atoms with Crippen LogP contribution in [-0.4, -0.2) is 19.5 Å². The van der Waals surface area contributed by atoms with Crippen molar-refractivity contribution in [3.8, 4) is 51.0 Å². The Labute approximate surface area is 305 Å². The summed E-state index contributed by atoms with van der Waals surface area (Å²) in [5, 5.41) is 10.2. The zero-order valence-electron chi connectivity index (χ0n) is 28.6. The first-order valence-electron chi connectivity index (χ1n) is 18.0. The van der Waals surface area contributed by atoms with E-state index in [0.29, 0.717) is 17.5 Å². The van der Waals surface area contributed by atoms with Crippen LogP contribution in [0, 0.1) is 0 Å². The number of nitrogens with zero attached hydrogens (tertiary/aromatic N) is 4. The summed E-state index contributed by atoms with van der Waals surface area (Å²) in [5.74, 6) is 1.95.